The summed E-state index contributed by atoms with van der Waals surface area (Å²) in [5.41, 5.74) is 0.785. The molecule has 0 aliphatic carbocycles. The van der Waals surface area contributed by atoms with E-state index >= 15 is 0 Å². The van der Waals surface area contributed by atoms with E-state index in [0.717, 1.165) is 30.4 Å². The number of likely N-dealkylation sites (tertiary alicyclic amines) is 1. The Morgan fingerprint density at radius 2 is 1.82 bits per heavy atom. The minimum atomic E-state index is -0.421. The summed E-state index contributed by atoms with van der Waals surface area (Å²) in [6, 6.07) is 8.28. The summed E-state index contributed by atoms with van der Waals surface area (Å²) in [5.74, 6) is 0.530. The van der Waals surface area contributed by atoms with Crippen LogP contribution in [0.1, 0.15) is 39.2 Å². The van der Waals surface area contributed by atoms with E-state index in [1.165, 1.54) is 5.56 Å². The van der Waals surface area contributed by atoms with Crippen LogP contribution in [0.25, 0.3) is 6.08 Å². The van der Waals surface area contributed by atoms with Crippen molar-refractivity contribution in [3.63, 3.8) is 0 Å². The lowest BCUT2D eigenvalue weighted by Gasteiger charge is -2.32. The van der Waals surface area contributed by atoms with Crippen molar-refractivity contribution in [3.8, 4) is 0 Å². The maximum atomic E-state index is 12.0. The molecule has 1 fully saturated rings. The lowest BCUT2D eigenvalue weighted by Crippen LogP contribution is -2.41. The molecule has 0 aromatic heterocycles. The monoisotopic (exact) mass is 365 g/mol. The number of allylic oxidation sites excluding steroid dienone is 1. The molecule has 0 bridgehead atoms. The van der Waals surface area contributed by atoms with Crippen molar-refractivity contribution in [1.29, 1.82) is 0 Å². The first-order chi connectivity index (χ1) is 10.3. The number of hydrogen-bond donors (Lipinski definition) is 0. The molecule has 1 aromatic carbocycles. The molecule has 2 rings (SSSR count). The lowest BCUT2D eigenvalue weighted by atomic mass is 9.96. The molecule has 1 aliphatic heterocycles. The Bertz CT molecular complexity index is 523. The summed E-state index contributed by atoms with van der Waals surface area (Å²) in [6.07, 6.45) is 6.22. The first-order valence-electron chi connectivity index (χ1n) is 7.75. The molecule has 0 atom stereocenters. The van der Waals surface area contributed by atoms with Crippen molar-refractivity contribution in [1.82, 2.24) is 4.90 Å². The molecule has 1 aromatic rings. The van der Waals surface area contributed by atoms with Gasteiger partial charge in [-0.05, 0) is 57.2 Å². The fourth-order valence-electron chi connectivity index (χ4n) is 2.42. The Hall–Kier alpha value is -1.29. The van der Waals surface area contributed by atoms with Crippen molar-refractivity contribution in [2.24, 2.45) is 5.92 Å². The van der Waals surface area contributed by atoms with E-state index in [-0.39, 0.29) is 6.09 Å². The number of amides is 1. The summed E-state index contributed by atoms with van der Waals surface area (Å²) in [5, 5.41) is 0. The number of halogens is 1. The second-order valence-electron chi connectivity index (χ2n) is 6.72. The van der Waals surface area contributed by atoms with E-state index in [0.29, 0.717) is 5.92 Å². The van der Waals surface area contributed by atoms with Gasteiger partial charge in [0.15, 0.2) is 0 Å². The zero-order valence-corrected chi connectivity index (χ0v) is 15.1. The number of ether oxygens (including phenoxy) is 1. The average molecular weight is 366 g/mol. The second-order valence-corrected chi connectivity index (χ2v) is 7.63. The molecule has 4 heteroatoms. The fraction of sp³-hybridized carbons (Fsp3) is 0.500. The smallest absolute Gasteiger partial charge is 0.410 e. The minimum Gasteiger partial charge on any atom is -0.444 e. The van der Waals surface area contributed by atoms with E-state index in [9.17, 15) is 4.79 Å². The van der Waals surface area contributed by atoms with Gasteiger partial charge in [0.2, 0.25) is 0 Å². The number of piperidine rings is 1. The maximum absolute atomic E-state index is 12.0. The second kappa shape index (κ2) is 7.32. The van der Waals surface area contributed by atoms with Gasteiger partial charge in [0.05, 0.1) is 0 Å². The van der Waals surface area contributed by atoms with Crippen LogP contribution in [0.5, 0.6) is 0 Å². The van der Waals surface area contributed by atoms with Gasteiger partial charge in [-0.3, -0.25) is 0 Å². The molecular weight excluding hydrogens is 342 g/mol. The molecule has 22 heavy (non-hydrogen) atoms. The van der Waals surface area contributed by atoms with Crippen LogP contribution in [-0.2, 0) is 4.74 Å². The highest BCUT2D eigenvalue weighted by atomic mass is 79.9. The third kappa shape index (κ3) is 5.48. The first kappa shape index (κ1) is 17.1. The summed E-state index contributed by atoms with van der Waals surface area (Å²) < 4.78 is 6.51. The van der Waals surface area contributed by atoms with Crippen molar-refractivity contribution in [2.45, 2.75) is 39.2 Å². The number of carbonyl (C=O) groups excluding carboxylic acids is 1. The van der Waals surface area contributed by atoms with E-state index in [1.54, 1.807) is 0 Å². The minimum absolute atomic E-state index is 0.192. The average Bonchev–Trinajstić information content (AvgIpc) is 2.45. The Labute approximate surface area is 141 Å². The quantitative estimate of drug-likeness (QED) is 0.728. The summed E-state index contributed by atoms with van der Waals surface area (Å²) in [7, 11) is 0. The van der Waals surface area contributed by atoms with E-state index in [2.05, 4.69) is 40.2 Å². The van der Waals surface area contributed by atoms with Gasteiger partial charge in [0.1, 0.15) is 5.60 Å². The Kier molecular flexibility index (Phi) is 5.68. The summed E-state index contributed by atoms with van der Waals surface area (Å²) in [6.45, 7) is 7.24. The number of hydrogen-bond acceptors (Lipinski definition) is 2. The molecule has 0 radical (unpaired) electrons. The van der Waals surface area contributed by atoms with Crippen molar-refractivity contribution in [3.05, 3.63) is 40.4 Å². The molecule has 120 valence electrons. The van der Waals surface area contributed by atoms with E-state index in [1.807, 2.05) is 37.8 Å². The molecule has 3 nitrogen and oxygen atoms in total. The van der Waals surface area contributed by atoms with Gasteiger partial charge < -0.3 is 9.64 Å². The molecule has 0 saturated carbocycles. The fourth-order valence-corrected chi connectivity index (χ4v) is 2.69. The van der Waals surface area contributed by atoms with Gasteiger partial charge >= 0.3 is 6.09 Å². The normalized spacial score (nSPS) is 17.0. The maximum Gasteiger partial charge on any atom is 0.410 e. The molecule has 1 amide bonds. The van der Waals surface area contributed by atoms with Crippen LogP contribution in [-0.4, -0.2) is 29.7 Å². The summed E-state index contributed by atoms with van der Waals surface area (Å²) in [4.78, 5) is 13.8. The van der Waals surface area contributed by atoms with Gasteiger partial charge in [-0.15, -0.1) is 0 Å². The van der Waals surface area contributed by atoms with Crippen molar-refractivity contribution >= 4 is 28.1 Å². The topological polar surface area (TPSA) is 29.5 Å². The van der Waals surface area contributed by atoms with Crippen LogP contribution < -0.4 is 0 Å². The predicted octanol–water partition coefficient (Wildman–Crippen LogP) is 5.11. The lowest BCUT2D eigenvalue weighted by molar-refractivity contribution is 0.0197. The van der Waals surface area contributed by atoms with Gasteiger partial charge in [-0.1, -0.05) is 40.2 Å². The van der Waals surface area contributed by atoms with Crippen LogP contribution in [0.4, 0.5) is 4.79 Å². The molecule has 1 saturated heterocycles. The van der Waals surface area contributed by atoms with Crippen molar-refractivity contribution in [2.75, 3.05) is 13.1 Å². The number of benzene rings is 1. The summed E-state index contributed by atoms with van der Waals surface area (Å²) >= 11 is 3.44. The van der Waals surface area contributed by atoms with Gasteiger partial charge in [-0.25, -0.2) is 4.79 Å². The van der Waals surface area contributed by atoms with Crippen LogP contribution in [0.2, 0.25) is 0 Å². The van der Waals surface area contributed by atoms with Gasteiger partial charge in [-0.2, -0.15) is 0 Å². The third-order valence-corrected chi connectivity index (χ3v) is 4.15. The standard InChI is InChI=1S/C18H24BrNO2/c1-18(2,3)22-17(21)20-12-10-15(11-13-20)5-4-14-6-8-16(19)9-7-14/h4-9,15H,10-13H2,1-3H3. The molecule has 1 aliphatic rings. The molecule has 0 N–H and O–H groups in total. The van der Waals surface area contributed by atoms with Crippen LogP contribution in [0, 0.1) is 5.92 Å². The Morgan fingerprint density at radius 3 is 2.36 bits per heavy atom. The van der Waals surface area contributed by atoms with Crippen molar-refractivity contribution < 1.29 is 9.53 Å². The number of carbonyl (C=O) groups is 1. The third-order valence-electron chi connectivity index (χ3n) is 3.62. The van der Waals surface area contributed by atoms with E-state index in [4.69, 9.17) is 4.74 Å². The largest absolute Gasteiger partial charge is 0.444 e. The highest BCUT2D eigenvalue weighted by Gasteiger charge is 2.25. The van der Waals surface area contributed by atoms with E-state index < -0.39 is 5.60 Å². The number of nitrogens with zero attached hydrogens (tertiary/aromatic N) is 1. The molecule has 0 unspecified atom stereocenters. The van der Waals surface area contributed by atoms with Crippen LogP contribution in [0.15, 0.2) is 34.8 Å². The number of rotatable bonds is 2. The van der Waals surface area contributed by atoms with Gasteiger partial charge in [0.25, 0.3) is 0 Å². The van der Waals surface area contributed by atoms with Crippen LogP contribution >= 0.6 is 15.9 Å². The highest BCUT2D eigenvalue weighted by molar-refractivity contribution is 9.10. The van der Waals surface area contributed by atoms with Gasteiger partial charge in [0, 0.05) is 17.6 Å². The molecule has 0 spiro atoms. The Balaban J connectivity index is 1.82. The highest BCUT2D eigenvalue weighted by Crippen LogP contribution is 2.22. The van der Waals surface area contributed by atoms with Crippen LogP contribution in [0.3, 0.4) is 0 Å². The SMILES string of the molecule is CC(C)(C)OC(=O)N1CCC(C=Cc2ccc(Br)cc2)CC1. The molecular formula is C18H24BrNO2. The zero-order valence-electron chi connectivity index (χ0n) is 13.5. The Morgan fingerprint density at radius 1 is 1.23 bits per heavy atom. The molecule has 1 heterocycles. The zero-order chi connectivity index (χ0) is 16.2. The first-order valence-corrected chi connectivity index (χ1v) is 8.54. The predicted molar refractivity (Wildman–Crippen MR) is 93.7 cm³/mol.